The average Bonchev–Trinajstić information content (AvgIpc) is 3.29. The fraction of sp³-hybridized carbons (Fsp3) is 0.208. The van der Waals surface area contributed by atoms with E-state index in [4.69, 9.17) is 4.98 Å². The van der Waals surface area contributed by atoms with Gasteiger partial charge in [-0.05, 0) is 48.0 Å². The lowest BCUT2D eigenvalue weighted by atomic mass is 9.83. The summed E-state index contributed by atoms with van der Waals surface area (Å²) < 4.78 is 13.9. The van der Waals surface area contributed by atoms with E-state index in [1.165, 1.54) is 53.4 Å². The van der Waals surface area contributed by atoms with Crippen LogP contribution in [0.15, 0.2) is 12.1 Å². The second-order valence-corrected chi connectivity index (χ2v) is 11.5. The average molecular weight is 427 g/mol. The number of benzene rings is 4. The molecule has 6 heteroatoms. The number of aromatic nitrogens is 2. The van der Waals surface area contributed by atoms with Crippen molar-refractivity contribution >= 4 is 86.2 Å². The summed E-state index contributed by atoms with van der Waals surface area (Å²) in [6, 6.07) is 4.46. The lowest BCUT2D eigenvalue weighted by Crippen LogP contribution is -2.14. The van der Waals surface area contributed by atoms with Gasteiger partial charge in [-0.25, -0.2) is 4.98 Å². The van der Waals surface area contributed by atoms with Crippen molar-refractivity contribution < 1.29 is 9.66 Å². The molecule has 0 saturated carbocycles. The molecule has 144 valence electrons. The van der Waals surface area contributed by atoms with Crippen LogP contribution in [0.3, 0.4) is 0 Å². The fourth-order valence-electron chi connectivity index (χ4n) is 6.57. The molecule has 4 aromatic carbocycles. The van der Waals surface area contributed by atoms with E-state index in [9.17, 15) is 9.66 Å². The van der Waals surface area contributed by atoms with Crippen LogP contribution in [0.25, 0.3) is 63.7 Å². The molecule has 1 atom stereocenters. The predicted octanol–water partition coefficient (Wildman–Crippen LogP) is 5.66. The van der Waals surface area contributed by atoms with Crippen molar-refractivity contribution in [2.45, 2.75) is 30.8 Å². The molecule has 2 N–H and O–H groups in total. The van der Waals surface area contributed by atoms with Gasteiger partial charge in [-0.15, -0.1) is 11.3 Å². The molecule has 4 heterocycles. The highest BCUT2D eigenvalue weighted by atomic mass is 32.2. The van der Waals surface area contributed by atoms with Gasteiger partial charge in [0.2, 0.25) is 0 Å². The third-order valence-electron chi connectivity index (χ3n) is 7.53. The van der Waals surface area contributed by atoms with E-state index in [1.807, 2.05) is 0 Å². The Bertz CT molecular complexity index is 1860. The van der Waals surface area contributed by atoms with Gasteiger partial charge in [0.15, 0.2) is 0 Å². The molecule has 0 bridgehead atoms. The molecule has 9 rings (SSSR count). The first-order valence-corrected chi connectivity index (χ1v) is 12.7. The standard InChI is InChI=1S/C24H14N2O2S2/c27-23-10-2-1-3-11-15(10)19-20-16-12(25-22(20)23)4-8-6-30(28)7-9-5-13-17(18(16)14(8)9)21(19)24(26-11)29-13/h4-5,25,27H,1-3,6-7H2. The zero-order valence-electron chi connectivity index (χ0n) is 15.8. The molecule has 3 aromatic heterocycles. The normalized spacial score (nSPS) is 19.3. The van der Waals surface area contributed by atoms with E-state index < -0.39 is 11.2 Å². The molecule has 4 nitrogen and oxygen atoms in total. The number of H-pyrrole nitrogens is 1. The van der Waals surface area contributed by atoms with Gasteiger partial charge in [0.25, 0.3) is 0 Å². The number of phenolic OH excluding ortho intramolecular Hbond substituents is 1. The van der Waals surface area contributed by atoms with Crippen LogP contribution in [-0.2, 0) is 35.5 Å². The molecular formula is C24H14N2O2S2. The minimum Gasteiger partial charge on any atom is -0.616 e. The zero-order valence-corrected chi connectivity index (χ0v) is 17.4. The summed E-state index contributed by atoms with van der Waals surface area (Å²) in [6.07, 6.45) is 2.89. The third kappa shape index (κ3) is 1.42. The number of nitrogens with one attached hydrogen (secondary N) is 1. The summed E-state index contributed by atoms with van der Waals surface area (Å²) in [5.41, 5.74) is 6.48. The van der Waals surface area contributed by atoms with Crippen molar-refractivity contribution in [1.82, 2.24) is 9.97 Å². The molecule has 0 radical (unpaired) electrons. The zero-order chi connectivity index (χ0) is 19.5. The molecule has 0 saturated heterocycles. The molecule has 0 spiro atoms. The van der Waals surface area contributed by atoms with E-state index in [-0.39, 0.29) is 0 Å². The van der Waals surface area contributed by atoms with E-state index in [1.54, 1.807) is 11.3 Å². The number of pyridine rings is 1. The van der Waals surface area contributed by atoms with Crippen LogP contribution in [0, 0.1) is 0 Å². The van der Waals surface area contributed by atoms with Gasteiger partial charge in [0, 0.05) is 64.6 Å². The van der Waals surface area contributed by atoms with Crippen LogP contribution in [0.5, 0.6) is 5.75 Å². The van der Waals surface area contributed by atoms with E-state index in [0.29, 0.717) is 17.3 Å². The topological polar surface area (TPSA) is 72.0 Å². The summed E-state index contributed by atoms with van der Waals surface area (Å²) >= 11 is 0.898. The molecule has 1 aliphatic carbocycles. The maximum atomic E-state index is 12.6. The van der Waals surface area contributed by atoms with Crippen LogP contribution >= 0.6 is 11.3 Å². The van der Waals surface area contributed by atoms with Crippen LogP contribution in [0.2, 0.25) is 0 Å². The number of hydrogen-bond donors (Lipinski definition) is 2. The monoisotopic (exact) mass is 426 g/mol. The van der Waals surface area contributed by atoms with Crippen LogP contribution < -0.4 is 0 Å². The quantitative estimate of drug-likeness (QED) is 0.187. The molecular weight excluding hydrogens is 412 g/mol. The summed E-state index contributed by atoms with van der Waals surface area (Å²) in [6.45, 7) is 0. The Morgan fingerprint density at radius 3 is 2.67 bits per heavy atom. The highest BCUT2D eigenvalue weighted by Crippen LogP contribution is 2.56. The summed E-state index contributed by atoms with van der Waals surface area (Å²) in [7, 11) is 0. The molecule has 1 aliphatic heterocycles. The van der Waals surface area contributed by atoms with Crippen LogP contribution in [-0.4, -0.2) is 19.6 Å². The van der Waals surface area contributed by atoms with Crippen molar-refractivity contribution in [3.8, 4) is 5.75 Å². The Kier molecular flexibility index (Phi) is 2.31. The highest BCUT2D eigenvalue weighted by Gasteiger charge is 2.33. The SMILES string of the molecule is [O-][S+]1Cc2cc3[nH]c4c(O)c5c6c(nc7sc8cc(c2c2c3c4c6c7c82)C1)CCC5. The number of rotatable bonds is 0. The van der Waals surface area contributed by atoms with Gasteiger partial charge in [0.1, 0.15) is 22.1 Å². The molecule has 2 aliphatic rings. The molecule has 1 unspecified atom stereocenters. The smallest absolute Gasteiger partial charge is 0.143 e. The van der Waals surface area contributed by atoms with Crippen LogP contribution in [0.4, 0.5) is 0 Å². The Labute approximate surface area is 176 Å². The summed E-state index contributed by atoms with van der Waals surface area (Å²) in [4.78, 5) is 9.80. The van der Waals surface area contributed by atoms with E-state index in [2.05, 4.69) is 17.1 Å². The number of phenols is 1. The second-order valence-electron chi connectivity index (χ2n) is 8.99. The van der Waals surface area contributed by atoms with Gasteiger partial charge in [-0.2, -0.15) is 0 Å². The first-order valence-electron chi connectivity index (χ1n) is 10.4. The maximum absolute atomic E-state index is 12.6. The Balaban J connectivity index is 1.75. The third-order valence-corrected chi connectivity index (χ3v) is 9.83. The van der Waals surface area contributed by atoms with Crippen molar-refractivity contribution in [2.24, 2.45) is 0 Å². The van der Waals surface area contributed by atoms with Gasteiger partial charge in [-0.1, -0.05) is 0 Å². The number of nitrogens with zero attached hydrogens (tertiary/aromatic N) is 1. The van der Waals surface area contributed by atoms with Crippen molar-refractivity contribution in [3.05, 3.63) is 34.5 Å². The maximum Gasteiger partial charge on any atom is 0.143 e. The largest absolute Gasteiger partial charge is 0.616 e. The predicted molar refractivity (Wildman–Crippen MR) is 124 cm³/mol. The molecule has 30 heavy (non-hydrogen) atoms. The van der Waals surface area contributed by atoms with Crippen LogP contribution in [0.1, 0.15) is 28.8 Å². The number of hydrogen-bond acceptors (Lipinski definition) is 4. The minimum absolute atomic E-state index is 0.398. The molecule has 0 amide bonds. The number of aromatic amines is 1. The Morgan fingerprint density at radius 2 is 1.77 bits per heavy atom. The first kappa shape index (κ1) is 15.3. The van der Waals surface area contributed by atoms with Gasteiger partial charge in [-0.3, -0.25) is 0 Å². The van der Waals surface area contributed by atoms with Crippen molar-refractivity contribution in [2.75, 3.05) is 0 Å². The minimum atomic E-state index is -0.877. The summed E-state index contributed by atoms with van der Waals surface area (Å²) in [5, 5.41) is 21.4. The fourth-order valence-corrected chi connectivity index (χ4v) is 8.99. The Morgan fingerprint density at radius 1 is 0.933 bits per heavy atom. The van der Waals surface area contributed by atoms with E-state index >= 15 is 0 Å². The lowest BCUT2D eigenvalue weighted by Gasteiger charge is -2.24. The number of thiophene rings is 1. The van der Waals surface area contributed by atoms with Gasteiger partial charge < -0.3 is 14.6 Å². The van der Waals surface area contributed by atoms with E-state index in [0.717, 1.165) is 51.9 Å². The highest BCUT2D eigenvalue weighted by molar-refractivity contribution is 7.89. The van der Waals surface area contributed by atoms with Gasteiger partial charge >= 0.3 is 0 Å². The number of aromatic hydroxyl groups is 1. The van der Waals surface area contributed by atoms with Crippen molar-refractivity contribution in [3.63, 3.8) is 0 Å². The van der Waals surface area contributed by atoms with Crippen molar-refractivity contribution in [1.29, 1.82) is 0 Å². The number of aryl methyl sites for hydroxylation is 2. The molecule has 7 aromatic rings. The lowest BCUT2D eigenvalue weighted by molar-refractivity contribution is 0.472. The first-order chi connectivity index (χ1) is 14.7. The summed E-state index contributed by atoms with van der Waals surface area (Å²) in [5.74, 6) is 1.62. The Hall–Kier alpha value is -2.54. The van der Waals surface area contributed by atoms with Gasteiger partial charge in [0.05, 0.1) is 11.2 Å². The second kappa shape index (κ2) is 4.54. The molecule has 0 fully saturated rings.